The third-order valence-corrected chi connectivity index (χ3v) is 3.85. The van der Waals surface area contributed by atoms with Crippen LogP contribution in [0.25, 0.3) is 0 Å². The maximum atomic E-state index is 12.6. The number of ether oxygens (including phenoxy) is 5. The van der Waals surface area contributed by atoms with Gasteiger partial charge in [-0.05, 0) is 23.1 Å². The van der Waals surface area contributed by atoms with Gasteiger partial charge in [-0.2, -0.15) is 0 Å². The SMILES string of the molecule is [O-][N+]1=Nc2ccccc2OCCOCCOCCOCCOc2ccccc21. The molecule has 1 aliphatic rings. The van der Waals surface area contributed by atoms with Gasteiger partial charge in [0.05, 0.1) is 39.6 Å². The molecule has 2 aromatic carbocycles. The average Bonchev–Trinajstić information content (AvgIpc) is 2.72. The van der Waals surface area contributed by atoms with Crippen molar-refractivity contribution in [3.8, 4) is 11.5 Å². The van der Waals surface area contributed by atoms with Gasteiger partial charge in [0.2, 0.25) is 0 Å². The fourth-order valence-corrected chi connectivity index (χ4v) is 2.51. The number of benzene rings is 2. The molecule has 150 valence electrons. The van der Waals surface area contributed by atoms with E-state index in [9.17, 15) is 5.21 Å². The fraction of sp³-hybridized carbons (Fsp3) is 0.400. The van der Waals surface area contributed by atoms with E-state index in [4.69, 9.17) is 23.7 Å². The lowest BCUT2D eigenvalue weighted by atomic mass is 10.3. The van der Waals surface area contributed by atoms with Gasteiger partial charge in [-0.1, -0.05) is 24.3 Å². The number of hydrogen-bond donors (Lipinski definition) is 0. The molecule has 0 saturated carbocycles. The highest BCUT2D eigenvalue weighted by atomic mass is 16.6. The Kier molecular flexibility index (Phi) is 8.05. The third kappa shape index (κ3) is 6.19. The van der Waals surface area contributed by atoms with Crippen LogP contribution >= 0.6 is 0 Å². The molecule has 2 aromatic rings. The smallest absolute Gasteiger partial charge is 0.286 e. The Bertz CT molecular complexity index is 768. The molecule has 0 radical (unpaired) electrons. The van der Waals surface area contributed by atoms with Crippen molar-refractivity contribution in [1.29, 1.82) is 0 Å². The van der Waals surface area contributed by atoms with Gasteiger partial charge in [0.1, 0.15) is 13.2 Å². The minimum Gasteiger partial charge on any atom is -0.594 e. The Balaban J connectivity index is 1.79. The molecule has 3 rings (SSSR count). The lowest BCUT2D eigenvalue weighted by molar-refractivity contribution is -0.436. The van der Waals surface area contributed by atoms with E-state index in [0.717, 1.165) is 0 Å². The van der Waals surface area contributed by atoms with Crippen molar-refractivity contribution in [3.63, 3.8) is 0 Å². The second kappa shape index (κ2) is 11.2. The van der Waals surface area contributed by atoms with Gasteiger partial charge < -0.3 is 28.9 Å². The Labute approximate surface area is 163 Å². The van der Waals surface area contributed by atoms with Crippen molar-refractivity contribution in [2.45, 2.75) is 0 Å². The van der Waals surface area contributed by atoms with Crippen LogP contribution in [0.5, 0.6) is 11.5 Å². The molecule has 0 atom stereocenters. The first-order chi connectivity index (χ1) is 13.8. The van der Waals surface area contributed by atoms with E-state index < -0.39 is 0 Å². The lowest BCUT2D eigenvalue weighted by Gasteiger charge is -2.10. The highest BCUT2D eigenvalue weighted by Gasteiger charge is 2.14. The Hall–Kier alpha value is -2.68. The number of para-hydroxylation sites is 3. The first-order valence-electron chi connectivity index (χ1n) is 9.20. The molecule has 0 aromatic heterocycles. The van der Waals surface area contributed by atoms with E-state index in [2.05, 4.69) is 5.11 Å². The van der Waals surface area contributed by atoms with E-state index in [-0.39, 0.29) is 0 Å². The van der Waals surface area contributed by atoms with Crippen molar-refractivity contribution >= 4 is 11.4 Å². The summed E-state index contributed by atoms with van der Waals surface area (Å²) in [5.41, 5.74) is 0.735. The number of nitrogens with zero attached hydrogens (tertiary/aromatic N) is 2. The Morgan fingerprint density at radius 3 is 1.82 bits per heavy atom. The van der Waals surface area contributed by atoms with E-state index in [1.807, 2.05) is 6.07 Å². The minimum atomic E-state index is 0.307. The van der Waals surface area contributed by atoms with E-state index in [0.29, 0.717) is 80.6 Å². The van der Waals surface area contributed by atoms with Crippen LogP contribution in [0.4, 0.5) is 11.4 Å². The van der Waals surface area contributed by atoms with Crippen LogP contribution in [0.15, 0.2) is 53.6 Å². The molecule has 0 saturated heterocycles. The molecule has 0 fully saturated rings. The molecule has 0 spiro atoms. The first kappa shape index (κ1) is 20.1. The summed E-state index contributed by atoms with van der Waals surface area (Å²) < 4.78 is 27.8. The second-order valence-corrected chi connectivity index (χ2v) is 5.84. The van der Waals surface area contributed by atoms with Gasteiger partial charge in [-0.15, -0.1) is 0 Å². The molecule has 0 amide bonds. The van der Waals surface area contributed by atoms with Gasteiger partial charge in [0, 0.05) is 11.2 Å². The molecular formula is C20H24N2O6. The summed E-state index contributed by atoms with van der Waals surface area (Å²) in [7, 11) is 0. The number of fused-ring (bicyclic) bond motifs is 2. The van der Waals surface area contributed by atoms with Crippen LogP contribution in [0.1, 0.15) is 0 Å². The van der Waals surface area contributed by atoms with Gasteiger partial charge in [-0.3, -0.25) is 0 Å². The summed E-state index contributed by atoms with van der Waals surface area (Å²) in [6.07, 6.45) is 0. The highest BCUT2D eigenvalue weighted by molar-refractivity contribution is 5.51. The van der Waals surface area contributed by atoms with E-state index >= 15 is 0 Å². The average molecular weight is 388 g/mol. The highest BCUT2D eigenvalue weighted by Crippen LogP contribution is 2.31. The zero-order chi connectivity index (χ0) is 19.4. The van der Waals surface area contributed by atoms with Crippen molar-refractivity contribution in [3.05, 3.63) is 53.7 Å². The Morgan fingerprint density at radius 2 is 1.14 bits per heavy atom. The molecule has 0 bridgehead atoms. The predicted molar refractivity (Wildman–Crippen MR) is 102 cm³/mol. The largest absolute Gasteiger partial charge is 0.594 e. The monoisotopic (exact) mass is 388 g/mol. The molecule has 1 aliphatic heterocycles. The summed E-state index contributed by atoms with van der Waals surface area (Å²) in [4.78, 5) is 0.539. The third-order valence-electron chi connectivity index (χ3n) is 3.85. The topological polar surface area (TPSA) is 84.6 Å². The zero-order valence-electron chi connectivity index (χ0n) is 15.6. The number of hydrogen-bond acceptors (Lipinski definition) is 7. The molecule has 1 heterocycles. The fourth-order valence-electron chi connectivity index (χ4n) is 2.51. The van der Waals surface area contributed by atoms with Crippen molar-refractivity contribution in [2.24, 2.45) is 5.11 Å². The predicted octanol–water partition coefficient (Wildman–Crippen LogP) is 3.43. The lowest BCUT2D eigenvalue weighted by Crippen LogP contribution is -2.14. The van der Waals surface area contributed by atoms with Gasteiger partial charge in [0.15, 0.2) is 17.2 Å². The quantitative estimate of drug-likeness (QED) is 0.508. The summed E-state index contributed by atoms with van der Waals surface area (Å²) >= 11 is 0. The van der Waals surface area contributed by atoms with E-state index in [1.165, 1.54) is 0 Å². The van der Waals surface area contributed by atoms with Crippen LogP contribution < -0.4 is 9.47 Å². The first-order valence-corrected chi connectivity index (χ1v) is 9.20. The molecule has 0 aliphatic carbocycles. The second-order valence-electron chi connectivity index (χ2n) is 5.84. The molecule has 0 N–H and O–H groups in total. The van der Waals surface area contributed by atoms with Crippen LogP contribution in [-0.2, 0) is 14.2 Å². The zero-order valence-corrected chi connectivity index (χ0v) is 15.6. The Morgan fingerprint density at radius 1 is 0.643 bits per heavy atom. The minimum absolute atomic E-state index is 0.307. The molecule has 28 heavy (non-hydrogen) atoms. The summed E-state index contributed by atoms with van der Waals surface area (Å²) in [5, 5.41) is 16.8. The molecule has 0 unspecified atom stereocenters. The van der Waals surface area contributed by atoms with Crippen LogP contribution in [0, 0.1) is 5.21 Å². The van der Waals surface area contributed by atoms with E-state index in [1.54, 1.807) is 42.5 Å². The van der Waals surface area contributed by atoms with Crippen molar-refractivity contribution in [1.82, 2.24) is 0 Å². The molecule has 8 nitrogen and oxygen atoms in total. The standard InChI is InChI=1S/C20H24N2O6/c23-22-18-6-2-4-8-20(18)28-16-14-26-12-10-24-9-11-25-13-15-27-19-7-3-1-5-17(19)21-22/h1-8H,9-16H2. The van der Waals surface area contributed by atoms with Crippen molar-refractivity contribution < 1.29 is 28.5 Å². The summed E-state index contributed by atoms with van der Waals surface area (Å²) in [6.45, 7) is 3.37. The molecular weight excluding hydrogens is 364 g/mol. The summed E-state index contributed by atoms with van der Waals surface area (Å²) in [6, 6.07) is 14.0. The van der Waals surface area contributed by atoms with Crippen LogP contribution in [0.2, 0.25) is 0 Å². The maximum Gasteiger partial charge on any atom is 0.286 e. The van der Waals surface area contributed by atoms with Crippen molar-refractivity contribution in [2.75, 3.05) is 52.9 Å². The van der Waals surface area contributed by atoms with Gasteiger partial charge in [-0.25, -0.2) is 0 Å². The van der Waals surface area contributed by atoms with Gasteiger partial charge in [0.25, 0.3) is 5.69 Å². The number of rotatable bonds is 0. The van der Waals surface area contributed by atoms with Crippen LogP contribution in [-0.4, -0.2) is 57.7 Å². The maximum absolute atomic E-state index is 12.6. The number of azo groups is 1. The molecule has 8 heteroatoms. The van der Waals surface area contributed by atoms with Gasteiger partial charge >= 0.3 is 0 Å². The van der Waals surface area contributed by atoms with Crippen LogP contribution in [0.3, 0.4) is 0 Å². The normalized spacial score (nSPS) is 17.4. The summed E-state index contributed by atoms with van der Waals surface area (Å²) in [5.74, 6) is 0.943.